The number of hydrogen-bond donors (Lipinski definition) is 1. The number of nitrogens with zero attached hydrogens (tertiary/aromatic N) is 1. The molecule has 2 aliphatic rings. The topological polar surface area (TPSA) is 57.6 Å². The van der Waals surface area contributed by atoms with E-state index in [1.54, 1.807) is 4.90 Å². The van der Waals surface area contributed by atoms with Gasteiger partial charge in [0.05, 0.1) is 12.5 Å². The Hall–Kier alpha value is -2.62. The zero-order valence-electron chi connectivity index (χ0n) is 12.7. The average Bonchev–Trinajstić information content (AvgIpc) is 3.09. The van der Waals surface area contributed by atoms with Gasteiger partial charge in [-0.1, -0.05) is 24.3 Å². The van der Waals surface area contributed by atoms with Gasteiger partial charge in [0.25, 0.3) is 5.91 Å². The minimum atomic E-state index is -0.892. The molecule has 0 fully saturated rings. The third kappa shape index (κ3) is 2.22. The van der Waals surface area contributed by atoms with Gasteiger partial charge in [0.1, 0.15) is 0 Å². The second-order valence-electron chi connectivity index (χ2n) is 6.19. The standard InChI is InChI=1S/C19H17NO3/c21-18(22)11-17-15-9-12-5-4-6-13(12)10-16(15)19(23)20(17)14-7-2-1-3-8-14/h1-3,7-10,17H,4-6,11H2,(H,21,22)/t17-/m1/s1. The van der Waals surface area contributed by atoms with Crippen molar-refractivity contribution in [3.05, 3.63) is 64.7 Å². The lowest BCUT2D eigenvalue weighted by Crippen LogP contribution is -2.29. The van der Waals surface area contributed by atoms with E-state index in [0.29, 0.717) is 5.56 Å². The van der Waals surface area contributed by atoms with Crippen molar-refractivity contribution >= 4 is 17.6 Å². The number of benzene rings is 2. The van der Waals surface area contributed by atoms with E-state index in [4.69, 9.17) is 0 Å². The Bertz CT molecular complexity index is 798. The van der Waals surface area contributed by atoms with Crippen LogP contribution in [0, 0.1) is 0 Å². The molecule has 0 saturated heterocycles. The molecular weight excluding hydrogens is 290 g/mol. The summed E-state index contributed by atoms with van der Waals surface area (Å²) in [5.41, 5.74) is 4.78. The molecular formula is C19H17NO3. The number of anilines is 1. The summed E-state index contributed by atoms with van der Waals surface area (Å²) in [6.07, 6.45) is 3.05. The van der Waals surface area contributed by atoms with Gasteiger partial charge in [-0.2, -0.15) is 0 Å². The zero-order valence-corrected chi connectivity index (χ0v) is 12.7. The van der Waals surface area contributed by atoms with Crippen molar-refractivity contribution < 1.29 is 14.7 Å². The predicted molar refractivity (Wildman–Crippen MR) is 86.7 cm³/mol. The molecule has 4 nitrogen and oxygen atoms in total. The number of rotatable bonds is 3. The van der Waals surface area contributed by atoms with Crippen molar-refractivity contribution in [2.45, 2.75) is 31.7 Å². The summed E-state index contributed by atoms with van der Waals surface area (Å²) in [4.78, 5) is 25.9. The molecule has 4 heteroatoms. The highest BCUT2D eigenvalue weighted by Gasteiger charge is 2.39. The maximum absolute atomic E-state index is 12.9. The molecule has 1 atom stereocenters. The van der Waals surface area contributed by atoms with E-state index in [1.807, 2.05) is 36.4 Å². The Morgan fingerprint density at radius 1 is 1.13 bits per heavy atom. The van der Waals surface area contributed by atoms with E-state index in [2.05, 4.69) is 6.07 Å². The molecule has 1 amide bonds. The van der Waals surface area contributed by atoms with Crippen LogP contribution in [0.15, 0.2) is 42.5 Å². The lowest BCUT2D eigenvalue weighted by molar-refractivity contribution is -0.137. The summed E-state index contributed by atoms with van der Waals surface area (Å²) in [6.45, 7) is 0. The second-order valence-corrected chi connectivity index (χ2v) is 6.19. The van der Waals surface area contributed by atoms with Crippen LogP contribution in [0.5, 0.6) is 0 Å². The van der Waals surface area contributed by atoms with Crippen LogP contribution in [-0.2, 0) is 17.6 Å². The second kappa shape index (κ2) is 5.23. The molecule has 23 heavy (non-hydrogen) atoms. The Labute approximate surface area is 134 Å². The molecule has 0 aromatic heterocycles. The van der Waals surface area contributed by atoms with Crippen LogP contribution in [0.4, 0.5) is 5.69 Å². The average molecular weight is 307 g/mol. The van der Waals surface area contributed by atoms with Crippen molar-refractivity contribution in [2.75, 3.05) is 4.90 Å². The van der Waals surface area contributed by atoms with Gasteiger partial charge in [-0.15, -0.1) is 0 Å². The highest BCUT2D eigenvalue weighted by molar-refractivity contribution is 6.11. The number of hydrogen-bond acceptors (Lipinski definition) is 2. The Balaban J connectivity index is 1.85. The van der Waals surface area contributed by atoms with Crippen LogP contribution < -0.4 is 4.90 Å². The molecule has 0 unspecified atom stereocenters. The molecule has 2 aromatic carbocycles. The monoisotopic (exact) mass is 307 g/mol. The number of amides is 1. The number of carbonyl (C=O) groups excluding carboxylic acids is 1. The van der Waals surface area contributed by atoms with Gasteiger partial charge in [0.2, 0.25) is 0 Å². The highest BCUT2D eigenvalue weighted by Crippen LogP contribution is 2.41. The normalized spacial score (nSPS) is 18.9. The van der Waals surface area contributed by atoms with Gasteiger partial charge in [-0.05, 0) is 54.2 Å². The zero-order chi connectivity index (χ0) is 16.0. The number of carboxylic acid groups (broad SMARTS) is 1. The van der Waals surface area contributed by atoms with Crippen LogP contribution in [0.2, 0.25) is 0 Å². The highest BCUT2D eigenvalue weighted by atomic mass is 16.4. The van der Waals surface area contributed by atoms with Crippen molar-refractivity contribution in [2.24, 2.45) is 0 Å². The van der Waals surface area contributed by atoms with E-state index in [0.717, 1.165) is 30.5 Å². The fraction of sp³-hybridized carbons (Fsp3) is 0.263. The van der Waals surface area contributed by atoms with Crippen LogP contribution in [-0.4, -0.2) is 17.0 Å². The van der Waals surface area contributed by atoms with Crippen molar-refractivity contribution in [3.8, 4) is 0 Å². The number of carbonyl (C=O) groups is 2. The number of aliphatic carboxylic acids is 1. The largest absolute Gasteiger partial charge is 0.481 e. The Morgan fingerprint density at radius 3 is 2.52 bits per heavy atom. The van der Waals surface area contributed by atoms with E-state index >= 15 is 0 Å². The van der Waals surface area contributed by atoms with Gasteiger partial charge in [0.15, 0.2) is 0 Å². The molecule has 0 spiro atoms. The Morgan fingerprint density at radius 2 is 1.83 bits per heavy atom. The molecule has 1 aliphatic carbocycles. The first kappa shape index (κ1) is 14.0. The SMILES string of the molecule is O=C(O)C[C@@H]1c2cc3c(cc2C(=O)N1c1ccccc1)CCC3. The van der Waals surface area contributed by atoms with E-state index in [1.165, 1.54) is 11.1 Å². The van der Waals surface area contributed by atoms with Gasteiger partial charge < -0.3 is 10.0 Å². The van der Waals surface area contributed by atoms with E-state index < -0.39 is 12.0 Å². The summed E-state index contributed by atoms with van der Waals surface area (Å²) < 4.78 is 0. The quantitative estimate of drug-likeness (QED) is 0.946. The number of para-hydroxylation sites is 1. The van der Waals surface area contributed by atoms with Crippen LogP contribution in [0.1, 0.15) is 45.9 Å². The summed E-state index contributed by atoms with van der Waals surface area (Å²) in [7, 11) is 0. The third-order valence-corrected chi connectivity index (χ3v) is 4.79. The lowest BCUT2D eigenvalue weighted by atomic mass is 9.96. The summed E-state index contributed by atoms with van der Waals surface area (Å²) >= 11 is 0. The molecule has 116 valence electrons. The molecule has 4 rings (SSSR count). The maximum Gasteiger partial charge on any atom is 0.305 e. The van der Waals surface area contributed by atoms with Crippen molar-refractivity contribution in [1.82, 2.24) is 0 Å². The first-order valence-electron chi connectivity index (χ1n) is 7.91. The minimum absolute atomic E-state index is 0.0770. The number of aryl methyl sites for hydroxylation is 2. The van der Waals surface area contributed by atoms with Gasteiger partial charge >= 0.3 is 5.97 Å². The van der Waals surface area contributed by atoms with E-state index in [9.17, 15) is 14.7 Å². The molecule has 1 heterocycles. The summed E-state index contributed by atoms with van der Waals surface area (Å²) in [5, 5.41) is 9.31. The molecule has 0 bridgehead atoms. The first-order chi connectivity index (χ1) is 11.1. The van der Waals surface area contributed by atoms with Gasteiger partial charge in [-0.3, -0.25) is 9.59 Å². The van der Waals surface area contributed by atoms with Crippen LogP contribution >= 0.6 is 0 Å². The molecule has 1 N–H and O–H groups in total. The van der Waals surface area contributed by atoms with E-state index in [-0.39, 0.29) is 12.3 Å². The third-order valence-electron chi connectivity index (χ3n) is 4.79. The lowest BCUT2D eigenvalue weighted by Gasteiger charge is -2.24. The molecule has 0 saturated carbocycles. The molecule has 0 radical (unpaired) electrons. The summed E-state index contributed by atoms with van der Waals surface area (Å²) in [5.74, 6) is -0.982. The molecule has 1 aliphatic heterocycles. The van der Waals surface area contributed by atoms with Gasteiger partial charge in [-0.25, -0.2) is 0 Å². The van der Waals surface area contributed by atoms with Crippen molar-refractivity contribution in [3.63, 3.8) is 0 Å². The fourth-order valence-electron chi connectivity index (χ4n) is 3.77. The first-order valence-corrected chi connectivity index (χ1v) is 7.91. The minimum Gasteiger partial charge on any atom is -0.481 e. The molecule has 2 aromatic rings. The smallest absolute Gasteiger partial charge is 0.305 e. The maximum atomic E-state index is 12.9. The Kier molecular flexibility index (Phi) is 3.18. The van der Waals surface area contributed by atoms with Gasteiger partial charge in [0, 0.05) is 11.3 Å². The fourth-order valence-corrected chi connectivity index (χ4v) is 3.77. The number of carboxylic acids is 1. The van der Waals surface area contributed by atoms with Crippen LogP contribution in [0.25, 0.3) is 0 Å². The number of fused-ring (bicyclic) bond motifs is 2. The van der Waals surface area contributed by atoms with Crippen LogP contribution in [0.3, 0.4) is 0 Å². The predicted octanol–water partition coefficient (Wildman–Crippen LogP) is 3.35. The van der Waals surface area contributed by atoms with Crippen molar-refractivity contribution in [1.29, 1.82) is 0 Å². The summed E-state index contributed by atoms with van der Waals surface area (Å²) in [6, 6.07) is 12.9.